The summed E-state index contributed by atoms with van der Waals surface area (Å²) in [4.78, 5) is 15.6. The van der Waals surface area contributed by atoms with E-state index in [0.717, 1.165) is 49.4 Å². The molecule has 1 aliphatic heterocycles. The van der Waals surface area contributed by atoms with Gasteiger partial charge in [0, 0.05) is 30.6 Å². The molecule has 2 N–H and O–H groups in total. The van der Waals surface area contributed by atoms with Gasteiger partial charge in [0.1, 0.15) is 21.3 Å². The third kappa shape index (κ3) is 6.49. The van der Waals surface area contributed by atoms with Crippen molar-refractivity contribution < 1.29 is 23.2 Å². The van der Waals surface area contributed by atoms with Gasteiger partial charge in [0.25, 0.3) is 5.91 Å². The molecule has 0 bridgehead atoms. The molecule has 8 nitrogen and oxygen atoms in total. The van der Waals surface area contributed by atoms with Crippen molar-refractivity contribution in [2.75, 3.05) is 38.3 Å². The van der Waals surface area contributed by atoms with Crippen molar-refractivity contribution in [2.45, 2.75) is 68.0 Å². The Bertz CT molecular complexity index is 1550. The van der Waals surface area contributed by atoms with Gasteiger partial charge in [-0.15, -0.1) is 17.5 Å². The molecule has 3 aliphatic rings. The fourth-order valence-corrected chi connectivity index (χ4v) is 8.18. The number of anilines is 1. The number of carbonyl (C=O) groups excluding carboxylic acids is 1. The molecule has 0 saturated heterocycles. The maximum Gasteiger partial charge on any atom is 0.286 e. The molecular weight excluding hydrogens is 598 g/mol. The van der Waals surface area contributed by atoms with E-state index in [2.05, 4.69) is 34.6 Å². The fourth-order valence-electron chi connectivity index (χ4n) is 6.87. The van der Waals surface area contributed by atoms with Crippen molar-refractivity contribution in [3.05, 3.63) is 77.9 Å². The number of carbonyl (C=O) groups is 1. The second-order valence-corrected chi connectivity index (χ2v) is 15.0. The zero-order valence-corrected chi connectivity index (χ0v) is 27.5. The lowest BCUT2D eigenvalue weighted by Gasteiger charge is -2.46. The monoisotopic (exact) mass is 641 g/mol. The number of hydrogen-bond donors (Lipinski definition) is 1. The van der Waals surface area contributed by atoms with Gasteiger partial charge in [0.2, 0.25) is 0 Å². The molecule has 0 radical (unpaired) electrons. The summed E-state index contributed by atoms with van der Waals surface area (Å²) in [6.45, 7) is 12.9. The highest BCUT2D eigenvalue weighted by Crippen LogP contribution is 2.47. The SMILES string of the molecule is C=CCOC(C)(C)C(=O)N=S(N)(=O)c1ccc2c(c1)N(C[C@@H]1CC[C@H]1C(C=C)OC)C[C@@]1(CCCc3cc(Cl)ccc31)CO2. The van der Waals surface area contributed by atoms with E-state index in [-0.39, 0.29) is 23.0 Å². The lowest BCUT2D eigenvalue weighted by Crippen LogP contribution is -2.49. The minimum absolute atomic E-state index is 0.0199. The largest absolute Gasteiger partial charge is 0.490 e. The smallest absolute Gasteiger partial charge is 0.286 e. The molecule has 2 aromatic carbocycles. The van der Waals surface area contributed by atoms with Crippen LogP contribution in [-0.4, -0.2) is 55.2 Å². The van der Waals surface area contributed by atoms with E-state index in [1.807, 2.05) is 12.1 Å². The second-order valence-electron chi connectivity index (χ2n) is 12.7. The third-order valence-corrected chi connectivity index (χ3v) is 11.1. The van der Waals surface area contributed by atoms with Crippen LogP contribution in [0.25, 0.3) is 0 Å². The Morgan fingerprint density at radius 3 is 2.77 bits per heavy atom. The Morgan fingerprint density at radius 2 is 2.09 bits per heavy atom. The van der Waals surface area contributed by atoms with Crippen LogP contribution in [0.2, 0.25) is 5.02 Å². The Labute approximate surface area is 266 Å². The summed E-state index contributed by atoms with van der Waals surface area (Å²) in [6, 6.07) is 11.4. The number of rotatable bonds is 10. The zero-order chi connectivity index (χ0) is 31.7. The molecular formula is C34H44ClN3O5S. The average Bonchev–Trinajstić information content (AvgIpc) is 3.13. The highest BCUT2D eigenvalue weighted by atomic mass is 35.5. The molecule has 2 aromatic rings. The Morgan fingerprint density at radius 1 is 1.30 bits per heavy atom. The summed E-state index contributed by atoms with van der Waals surface area (Å²) in [7, 11) is -1.86. The maximum atomic E-state index is 13.8. The lowest BCUT2D eigenvalue weighted by molar-refractivity contribution is -0.137. The van der Waals surface area contributed by atoms with Crippen LogP contribution in [0.4, 0.5) is 5.69 Å². The first kappa shape index (κ1) is 32.7. The summed E-state index contributed by atoms with van der Waals surface area (Å²) in [6.07, 6.45) is 8.53. The number of aryl methyl sites for hydroxylation is 1. The molecule has 10 heteroatoms. The van der Waals surface area contributed by atoms with Crippen molar-refractivity contribution in [1.82, 2.24) is 0 Å². The molecule has 238 valence electrons. The quantitative estimate of drug-likeness (QED) is 0.308. The van der Waals surface area contributed by atoms with Crippen LogP contribution < -0.4 is 14.8 Å². The minimum Gasteiger partial charge on any atom is -0.490 e. The minimum atomic E-state index is -3.59. The van der Waals surface area contributed by atoms with Gasteiger partial charge in [-0.1, -0.05) is 29.8 Å². The third-order valence-electron chi connectivity index (χ3n) is 9.50. The number of amides is 1. The van der Waals surface area contributed by atoms with Gasteiger partial charge < -0.3 is 19.1 Å². The summed E-state index contributed by atoms with van der Waals surface area (Å²) in [5.41, 5.74) is 1.76. The zero-order valence-electron chi connectivity index (χ0n) is 25.9. The first-order chi connectivity index (χ1) is 20.9. The Kier molecular flexibility index (Phi) is 9.64. The number of methoxy groups -OCH3 is 1. The van der Waals surface area contributed by atoms with Gasteiger partial charge in [-0.05, 0) is 99.2 Å². The Balaban J connectivity index is 1.55. The molecule has 5 atom stereocenters. The molecule has 44 heavy (non-hydrogen) atoms. The van der Waals surface area contributed by atoms with Gasteiger partial charge in [0.15, 0.2) is 0 Å². The van der Waals surface area contributed by atoms with Gasteiger partial charge in [-0.25, -0.2) is 9.35 Å². The summed E-state index contributed by atoms with van der Waals surface area (Å²) >= 11 is 6.41. The number of halogens is 1. The van der Waals surface area contributed by atoms with Crippen LogP contribution in [0.1, 0.15) is 50.7 Å². The van der Waals surface area contributed by atoms with Crippen molar-refractivity contribution >= 4 is 33.1 Å². The van der Waals surface area contributed by atoms with E-state index in [1.165, 1.54) is 11.1 Å². The fraction of sp³-hybridized carbons (Fsp3) is 0.500. The topological polar surface area (TPSA) is 103 Å². The molecule has 1 amide bonds. The van der Waals surface area contributed by atoms with Gasteiger partial charge in [-0.3, -0.25) is 4.79 Å². The molecule has 2 aliphatic carbocycles. The van der Waals surface area contributed by atoms with Gasteiger partial charge in [-0.2, -0.15) is 0 Å². The van der Waals surface area contributed by atoms with Crippen molar-refractivity contribution in [2.24, 2.45) is 21.3 Å². The normalized spacial score (nSPS) is 24.9. The van der Waals surface area contributed by atoms with Crippen LogP contribution >= 0.6 is 11.6 Å². The number of nitrogens with two attached hydrogens (primary N) is 1. The predicted octanol–water partition coefficient (Wildman–Crippen LogP) is 6.25. The number of nitrogens with zero attached hydrogens (tertiary/aromatic N) is 2. The van der Waals surface area contributed by atoms with E-state index >= 15 is 0 Å². The van der Waals surface area contributed by atoms with Crippen LogP contribution in [0, 0.1) is 11.8 Å². The predicted molar refractivity (Wildman–Crippen MR) is 176 cm³/mol. The molecule has 1 fully saturated rings. The van der Waals surface area contributed by atoms with Gasteiger partial charge in [0.05, 0.1) is 29.9 Å². The molecule has 2 unspecified atom stereocenters. The van der Waals surface area contributed by atoms with E-state index in [0.29, 0.717) is 30.7 Å². The standard InChI is InChI=1S/C34H44ClN3O5S/c1-6-17-43-33(3,4)32(39)37-44(36,40)26-12-15-31-29(19-26)38(20-24-10-13-27(24)30(7-2)41-5)21-34(22-42-31)16-8-9-23-18-25(35)11-14-28(23)34/h6-7,11-12,14-15,18-19,24,27,30H,1-2,8-10,13,16-17,20-22H2,3-5H3,(H2,36,37,39,40)/t24-,27+,30?,34-,44?/m0/s1. The number of hydrogen-bond acceptors (Lipinski definition) is 6. The summed E-state index contributed by atoms with van der Waals surface area (Å²) in [5, 5.41) is 7.03. The van der Waals surface area contributed by atoms with E-state index in [1.54, 1.807) is 45.2 Å². The van der Waals surface area contributed by atoms with Crippen LogP contribution in [0.3, 0.4) is 0 Å². The number of fused-ring (bicyclic) bond motifs is 3. The first-order valence-electron chi connectivity index (χ1n) is 15.2. The van der Waals surface area contributed by atoms with E-state index in [9.17, 15) is 9.00 Å². The highest BCUT2D eigenvalue weighted by Gasteiger charge is 2.44. The maximum absolute atomic E-state index is 13.8. The van der Waals surface area contributed by atoms with E-state index in [4.69, 9.17) is 31.0 Å². The average molecular weight is 642 g/mol. The van der Waals surface area contributed by atoms with Crippen molar-refractivity contribution in [3.63, 3.8) is 0 Å². The highest BCUT2D eigenvalue weighted by molar-refractivity contribution is 7.91. The first-order valence-corrected chi connectivity index (χ1v) is 17.2. The molecule has 0 aromatic heterocycles. The number of ether oxygens (including phenoxy) is 3. The van der Waals surface area contributed by atoms with Crippen molar-refractivity contribution in [3.8, 4) is 5.75 Å². The molecule has 1 spiro atoms. The second kappa shape index (κ2) is 13.0. The van der Waals surface area contributed by atoms with Crippen molar-refractivity contribution in [1.29, 1.82) is 0 Å². The van der Waals surface area contributed by atoms with Gasteiger partial charge >= 0.3 is 0 Å². The van der Waals surface area contributed by atoms with E-state index < -0.39 is 21.4 Å². The van der Waals surface area contributed by atoms with Crippen LogP contribution in [-0.2, 0) is 36.0 Å². The molecule has 1 saturated carbocycles. The Hall–Kier alpha value is -2.69. The summed E-state index contributed by atoms with van der Waals surface area (Å²) in [5.74, 6) is 0.712. The lowest BCUT2D eigenvalue weighted by atomic mass is 9.68. The van der Waals surface area contributed by atoms with Crippen LogP contribution in [0.15, 0.2) is 71.0 Å². The number of benzene rings is 2. The summed E-state index contributed by atoms with van der Waals surface area (Å²) < 4.78 is 35.7. The molecule has 5 rings (SSSR count). The molecule has 1 heterocycles. The van der Waals surface area contributed by atoms with Crippen LogP contribution in [0.5, 0.6) is 5.75 Å².